The molecule has 25 heavy (non-hydrogen) atoms. The van der Waals surface area contributed by atoms with Gasteiger partial charge in [0.1, 0.15) is 0 Å². The number of carbonyl (C=O) groups is 2. The fourth-order valence-corrected chi connectivity index (χ4v) is 3.39. The normalized spacial score (nSPS) is 19.6. The van der Waals surface area contributed by atoms with Crippen LogP contribution in [0.3, 0.4) is 0 Å². The van der Waals surface area contributed by atoms with E-state index in [1.165, 1.54) is 0 Å². The van der Waals surface area contributed by atoms with Crippen LogP contribution in [0.4, 0.5) is 4.79 Å². The van der Waals surface area contributed by atoms with Gasteiger partial charge in [-0.1, -0.05) is 54.1 Å². The van der Waals surface area contributed by atoms with Crippen LogP contribution in [0.25, 0.3) is 0 Å². The van der Waals surface area contributed by atoms with Gasteiger partial charge in [0.2, 0.25) is 0 Å². The Hall–Kier alpha value is -2.79. The van der Waals surface area contributed by atoms with Crippen LogP contribution >= 0.6 is 11.6 Å². The highest BCUT2D eigenvalue weighted by atomic mass is 35.5. The summed E-state index contributed by atoms with van der Waals surface area (Å²) >= 11 is 5.95. The Morgan fingerprint density at radius 3 is 2.48 bits per heavy atom. The Morgan fingerprint density at radius 2 is 1.76 bits per heavy atom. The summed E-state index contributed by atoms with van der Waals surface area (Å²) in [4.78, 5) is 26.7. The van der Waals surface area contributed by atoms with Gasteiger partial charge in [-0.05, 0) is 23.3 Å². The number of hydrogen-bond acceptors (Lipinski definition) is 2. The van der Waals surface area contributed by atoms with Gasteiger partial charge in [0, 0.05) is 11.6 Å². The molecule has 0 aromatic heterocycles. The molecule has 2 aromatic rings. The van der Waals surface area contributed by atoms with E-state index in [0.717, 1.165) is 11.1 Å². The summed E-state index contributed by atoms with van der Waals surface area (Å²) in [6, 6.07) is 16.2. The molecule has 2 N–H and O–H groups in total. The molecule has 1 atom stereocenters. The third-order valence-electron chi connectivity index (χ3n) is 4.44. The number of nitrogens with one attached hydrogen (secondary N) is 2. The molecule has 0 fully saturated rings. The molecule has 6 heteroatoms. The van der Waals surface area contributed by atoms with Crippen LogP contribution in [0, 0.1) is 0 Å². The molecule has 2 heterocycles. The van der Waals surface area contributed by atoms with Crippen molar-refractivity contribution < 1.29 is 9.59 Å². The highest BCUT2D eigenvalue weighted by molar-refractivity contribution is 6.30. The van der Waals surface area contributed by atoms with Gasteiger partial charge < -0.3 is 15.5 Å². The van der Waals surface area contributed by atoms with Crippen LogP contribution in [0.1, 0.15) is 17.2 Å². The van der Waals surface area contributed by atoms with Gasteiger partial charge in [-0.3, -0.25) is 4.79 Å². The minimum Gasteiger partial charge on any atom is -0.329 e. The fraction of sp³-hybridized carbons (Fsp3) is 0.158. The molecule has 2 aliphatic rings. The standard InChI is InChI=1S/C19H16ClN3O2/c20-14-8-6-13(7-9-14)17-16-15(21-19(25)22-17)11-23(18(16)24)10-12-4-2-1-3-5-12/h1-9,17H,10-11H2,(H2,21,22,25)/t17-/m0/s1. The van der Waals surface area contributed by atoms with Crippen LogP contribution in [0.15, 0.2) is 65.9 Å². The summed E-state index contributed by atoms with van der Waals surface area (Å²) in [5, 5.41) is 6.23. The summed E-state index contributed by atoms with van der Waals surface area (Å²) in [6.07, 6.45) is 0. The highest BCUT2D eigenvalue weighted by Crippen LogP contribution is 2.33. The van der Waals surface area contributed by atoms with Crippen molar-refractivity contribution in [1.29, 1.82) is 0 Å². The number of halogens is 1. The number of hydrogen-bond donors (Lipinski definition) is 2. The third kappa shape index (κ3) is 2.98. The largest absolute Gasteiger partial charge is 0.329 e. The van der Waals surface area contributed by atoms with E-state index in [-0.39, 0.29) is 11.9 Å². The number of carbonyl (C=O) groups excluding carboxylic acids is 2. The lowest BCUT2D eigenvalue weighted by atomic mass is 9.96. The second-order valence-electron chi connectivity index (χ2n) is 6.12. The maximum absolute atomic E-state index is 13.0. The monoisotopic (exact) mass is 353 g/mol. The van der Waals surface area contributed by atoms with Crippen LogP contribution in [-0.2, 0) is 11.3 Å². The van der Waals surface area contributed by atoms with Crippen LogP contribution in [0.5, 0.6) is 0 Å². The Labute approximate surface area is 150 Å². The van der Waals surface area contributed by atoms with E-state index in [2.05, 4.69) is 10.6 Å². The van der Waals surface area contributed by atoms with Crippen molar-refractivity contribution in [2.45, 2.75) is 12.6 Å². The average molecular weight is 354 g/mol. The zero-order chi connectivity index (χ0) is 17.4. The molecule has 0 bridgehead atoms. The molecule has 3 amide bonds. The van der Waals surface area contributed by atoms with Gasteiger partial charge >= 0.3 is 6.03 Å². The van der Waals surface area contributed by atoms with Gasteiger partial charge in [-0.25, -0.2) is 4.79 Å². The molecule has 2 aromatic carbocycles. The molecule has 0 radical (unpaired) electrons. The van der Waals surface area contributed by atoms with Crippen LogP contribution < -0.4 is 10.6 Å². The minimum absolute atomic E-state index is 0.0636. The summed E-state index contributed by atoms with van der Waals surface area (Å²) in [6.45, 7) is 0.913. The summed E-state index contributed by atoms with van der Waals surface area (Å²) in [7, 11) is 0. The lowest BCUT2D eigenvalue weighted by molar-refractivity contribution is -0.126. The first-order chi connectivity index (χ1) is 12.1. The Kier molecular flexibility index (Phi) is 3.93. The third-order valence-corrected chi connectivity index (χ3v) is 4.69. The molecule has 4 rings (SSSR count). The van der Waals surface area contributed by atoms with Gasteiger partial charge in [0.25, 0.3) is 5.91 Å². The van der Waals surface area contributed by atoms with Crippen molar-refractivity contribution >= 4 is 23.5 Å². The molecule has 0 spiro atoms. The second kappa shape index (κ2) is 6.26. The zero-order valence-corrected chi connectivity index (χ0v) is 14.1. The van der Waals surface area contributed by atoms with Crippen molar-refractivity contribution in [3.8, 4) is 0 Å². The molecule has 2 aliphatic heterocycles. The number of benzene rings is 2. The topological polar surface area (TPSA) is 61.4 Å². The first kappa shape index (κ1) is 15.7. The van der Waals surface area contributed by atoms with Gasteiger partial charge in [-0.15, -0.1) is 0 Å². The molecule has 0 unspecified atom stereocenters. The first-order valence-corrected chi connectivity index (χ1v) is 8.39. The lowest BCUT2D eigenvalue weighted by Crippen LogP contribution is -2.44. The number of urea groups is 1. The predicted molar refractivity (Wildman–Crippen MR) is 94.7 cm³/mol. The maximum atomic E-state index is 13.0. The smallest absolute Gasteiger partial charge is 0.319 e. The quantitative estimate of drug-likeness (QED) is 0.891. The number of rotatable bonds is 3. The zero-order valence-electron chi connectivity index (χ0n) is 13.3. The Bertz CT molecular complexity index is 862. The summed E-state index contributed by atoms with van der Waals surface area (Å²) in [5.74, 6) is -0.0636. The lowest BCUT2D eigenvalue weighted by Gasteiger charge is -2.25. The second-order valence-corrected chi connectivity index (χ2v) is 6.56. The average Bonchev–Trinajstić information content (AvgIpc) is 2.91. The maximum Gasteiger partial charge on any atom is 0.319 e. The minimum atomic E-state index is -0.464. The van der Waals surface area contributed by atoms with E-state index in [1.54, 1.807) is 17.0 Å². The Morgan fingerprint density at radius 1 is 1.04 bits per heavy atom. The highest BCUT2D eigenvalue weighted by Gasteiger charge is 2.40. The van der Waals surface area contributed by atoms with Crippen LogP contribution in [0.2, 0.25) is 5.02 Å². The SMILES string of the molecule is O=C1NC2=C(C(=O)N(Cc3ccccc3)C2)[C@H](c2ccc(Cl)cc2)N1. The molecule has 5 nitrogen and oxygen atoms in total. The van der Waals surface area contributed by atoms with Crippen molar-refractivity contribution in [3.63, 3.8) is 0 Å². The molecule has 0 saturated heterocycles. The van der Waals surface area contributed by atoms with E-state index < -0.39 is 6.04 Å². The van der Waals surface area contributed by atoms with Gasteiger partial charge in [0.15, 0.2) is 0 Å². The Balaban J connectivity index is 1.63. The van der Waals surface area contributed by atoms with Gasteiger partial charge in [0.05, 0.1) is 23.9 Å². The molecular weight excluding hydrogens is 338 g/mol. The van der Waals surface area contributed by atoms with Crippen LogP contribution in [-0.4, -0.2) is 23.4 Å². The van der Waals surface area contributed by atoms with E-state index in [4.69, 9.17) is 11.6 Å². The van der Waals surface area contributed by atoms with Crippen molar-refractivity contribution in [2.24, 2.45) is 0 Å². The fourth-order valence-electron chi connectivity index (χ4n) is 3.26. The molecule has 126 valence electrons. The molecule has 0 saturated carbocycles. The van der Waals surface area contributed by atoms with Crippen molar-refractivity contribution in [3.05, 3.63) is 82.0 Å². The molecular formula is C19H16ClN3O2. The van der Waals surface area contributed by atoms with E-state index in [1.807, 2.05) is 42.5 Å². The van der Waals surface area contributed by atoms with Gasteiger partial charge in [-0.2, -0.15) is 0 Å². The predicted octanol–water partition coefficient (Wildman–Crippen LogP) is 2.99. The molecule has 0 aliphatic carbocycles. The van der Waals surface area contributed by atoms with Crippen molar-refractivity contribution in [2.75, 3.05) is 6.54 Å². The summed E-state index contributed by atoms with van der Waals surface area (Å²) in [5.41, 5.74) is 3.15. The van der Waals surface area contributed by atoms with E-state index >= 15 is 0 Å². The number of amides is 3. The first-order valence-electron chi connectivity index (χ1n) is 8.01. The van der Waals surface area contributed by atoms with Crippen molar-refractivity contribution in [1.82, 2.24) is 15.5 Å². The number of nitrogens with zero attached hydrogens (tertiary/aromatic N) is 1. The van der Waals surface area contributed by atoms with E-state index in [9.17, 15) is 9.59 Å². The summed E-state index contributed by atoms with van der Waals surface area (Å²) < 4.78 is 0. The van der Waals surface area contributed by atoms with E-state index in [0.29, 0.717) is 29.4 Å².